The fraction of sp³-hybridized carbons (Fsp3) is 0.500. The highest BCUT2D eigenvalue weighted by Crippen LogP contribution is 2.40. The lowest BCUT2D eigenvalue weighted by atomic mass is 9.76. The zero-order chi connectivity index (χ0) is 7.03. The fourth-order valence-electron chi connectivity index (χ4n) is 1.33. The highest BCUT2D eigenvalue weighted by atomic mass is 16.3. The molecule has 1 aliphatic rings. The summed E-state index contributed by atoms with van der Waals surface area (Å²) in [7, 11) is 0. The molecule has 1 saturated carbocycles. The van der Waals surface area contributed by atoms with Crippen LogP contribution in [0.4, 0.5) is 0 Å². The normalized spacial score (nSPS) is 22.1. The Morgan fingerprint density at radius 2 is 2.30 bits per heavy atom. The van der Waals surface area contributed by atoms with Crippen molar-refractivity contribution in [3.05, 3.63) is 24.2 Å². The van der Waals surface area contributed by atoms with E-state index in [1.807, 2.05) is 6.07 Å². The first-order chi connectivity index (χ1) is 4.81. The molecule has 1 fully saturated rings. The lowest BCUT2D eigenvalue weighted by molar-refractivity contribution is -0.0392. The Morgan fingerprint density at radius 1 is 1.50 bits per heavy atom. The van der Waals surface area contributed by atoms with Crippen LogP contribution < -0.4 is 0 Å². The van der Waals surface area contributed by atoms with Gasteiger partial charge in [-0.3, -0.25) is 0 Å². The van der Waals surface area contributed by atoms with E-state index in [0.717, 1.165) is 24.8 Å². The first kappa shape index (κ1) is 5.98. The summed E-state index contributed by atoms with van der Waals surface area (Å²) >= 11 is 0. The molecule has 1 N–H and O–H groups in total. The topological polar surface area (TPSA) is 33.4 Å². The van der Waals surface area contributed by atoms with E-state index < -0.39 is 5.60 Å². The predicted molar refractivity (Wildman–Crippen MR) is 36.5 cm³/mol. The quantitative estimate of drug-likeness (QED) is 0.640. The lowest BCUT2D eigenvalue weighted by Gasteiger charge is -2.35. The molecule has 1 aliphatic carbocycles. The molecule has 0 amide bonds. The van der Waals surface area contributed by atoms with Gasteiger partial charge in [0.05, 0.1) is 18.1 Å². The third kappa shape index (κ3) is 0.688. The number of rotatable bonds is 1. The minimum Gasteiger partial charge on any atom is -0.472 e. The van der Waals surface area contributed by atoms with Gasteiger partial charge in [0.25, 0.3) is 0 Å². The molecule has 0 aliphatic heterocycles. The molecular formula is C8H10O2. The maximum atomic E-state index is 9.71. The average Bonchev–Trinajstić information content (AvgIpc) is 2.33. The van der Waals surface area contributed by atoms with Crippen LogP contribution in [0.1, 0.15) is 24.8 Å². The molecule has 0 unspecified atom stereocenters. The highest BCUT2D eigenvalue weighted by molar-refractivity contribution is 5.18. The molecule has 0 aromatic carbocycles. The lowest BCUT2D eigenvalue weighted by Crippen LogP contribution is -2.32. The first-order valence-corrected chi connectivity index (χ1v) is 3.56. The molecule has 54 valence electrons. The van der Waals surface area contributed by atoms with Crippen molar-refractivity contribution in [2.45, 2.75) is 24.9 Å². The van der Waals surface area contributed by atoms with E-state index in [1.165, 1.54) is 0 Å². The van der Waals surface area contributed by atoms with E-state index in [-0.39, 0.29) is 0 Å². The van der Waals surface area contributed by atoms with Gasteiger partial charge in [-0.1, -0.05) is 0 Å². The molecule has 10 heavy (non-hydrogen) atoms. The Kier molecular flexibility index (Phi) is 1.11. The summed E-state index contributed by atoms with van der Waals surface area (Å²) in [5.74, 6) is 0. The van der Waals surface area contributed by atoms with Crippen molar-refractivity contribution in [3.8, 4) is 0 Å². The van der Waals surface area contributed by atoms with Crippen molar-refractivity contribution in [2.75, 3.05) is 0 Å². The summed E-state index contributed by atoms with van der Waals surface area (Å²) in [6.07, 6.45) is 6.12. The summed E-state index contributed by atoms with van der Waals surface area (Å²) in [6, 6.07) is 1.83. The number of hydrogen-bond acceptors (Lipinski definition) is 2. The van der Waals surface area contributed by atoms with Crippen LogP contribution in [0.15, 0.2) is 23.0 Å². The molecular weight excluding hydrogens is 128 g/mol. The van der Waals surface area contributed by atoms with Crippen LogP contribution in [0.25, 0.3) is 0 Å². The summed E-state index contributed by atoms with van der Waals surface area (Å²) in [5.41, 5.74) is 0.381. The molecule has 1 heterocycles. The van der Waals surface area contributed by atoms with Crippen molar-refractivity contribution < 1.29 is 9.52 Å². The molecule has 2 rings (SSSR count). The van der Waals surface area contributed by atoms with Gasteiger partial charge in [-0.2, -0.15) is 0 Å². The monoisotopic (exact) mass is 138 g/mol. The zero-order valence-electron chi connectivity index (χ0n) is 5.71. The summed E-state index contributed by atoms with van der Waals surface area (Å²) < 4.78 is 4.88. The zero-order valence-corrected chi connectivity index (χ0v) is 5.71. The summed E-state index contributed by atoms with van der Waals surface area (Å²) in [4.78, 5) is 0. The largest absolute Gasteiger partial charge is 0.472 e. The van der Waals surface area contributed by atoms with Gasteiger partial charge in [0, 0.05) is 5.56 Å². The minimum absolute atomic E-state index is 0.549. The van der Waals surface area contributed by atoms with Crippen molar-refractivity contribution in [2.24, 2.45) is 0 Å². The molecule has 0 bridgehead atoms. The molecule has 2 nitrogen and oxygen atoms in total. The maximum absolute atomic E-state index is 9.71. The van der Waals surface area contributed by atoms with Crippen LogP contribution in [-0.4, -0.2) is 5.11 Å². The van der Waals surface area contributed by atoms with Gasteiger partial charge in [-0.15, -0.1) is 0 Å². The van der Waals surface area contributed by atoms with Gasteiger partial charge in [-0.05, 0) is 25.3 Å². The fourth-order valence-corrected chi connectivity index (χ4v) is 1.33. The second kappa shape index (κ2) is 1.86. The molecule has 1 aromatic rings. The Morgan fingerprint density at radius 3 is 2.70 bits per heavy atom. The van der Waals surface area contributed by atoms with Crippen LogP contribution in [0.2, 0.25) is 0 Å². The Hall–Kier alpha value is -0.760. The Bertz CT molecular complexity index is 209. The molecule has 0 radical (unpaired) electrons. The second-order valence-electron chi connectivity index (χ2n) is 2.90. The minimum atomic E-state index is -0.549. The molecule has 0 atom stereocenters. The van der Waals surface area contributed by atoms with Gasteiger partial charge in [0.15, 0.2) is 0 Å². The smallest absolute Gasteiger partial charge is 0.0963 e. The Labute approximate surface area is 59.5 Å². The second-order valence-corrected chi connectivity index (χ2v) is 2.90. The molecule has 1 aromatic heterocycles. The van der Waals surface area contributed by atoms with Gasteiger partial charge >= 0.3 is 0 Å². The van der Waals surface area contributed by atoms with Crippen molar-refractivity contribution in [3.63, 3.8) is 0 Å². The van der Waals surface area contributed by atoms with Crippen molar-refractivity contribution in [1.82, 2.24) is 0 Å². The predicted octanol–water partition coefficient (Wildman–Crippen LogP) is 1.65. The van der Waals surface area contributed by atoms with Crippen LogP contribution in [0.3, 0.4) is 0 Å². The SMILES string of the molecule is OC1(c2ccoc2)CCC1. The van der Waals surface area contributed by atoms with Gasteiger partial charge < -0.3 is 9.52 Å². The van der Waals surface area contributed by atoms with E-state index in [9.17, 15) is 5.11 Å². The molecule has 0 saturated heterocycles. The average molecular weight is 138 g/mol. The van der Waals surface area contributed by atoms with Gasteiger partial charge in [0.1, 0.15) is 0 Å². The van der Waals surface area contributed by atoms with E-state index in [0.29, 0.717) is 0 Å². The van der Waals surface area contributed by atoms with Crippen LogP contribution in [-0.2, 0) is 5.60 Å². The van der Waals surface area contributed by atoms with Crippen LogP contribution >= 0.6 is 0 Å². The van der Waals surface area contributed by atoms with Crippen molar-refractivity contribution in [1.29, 1.82) is 0 Å². The molecule has 0 spiro atoms. The van der Waals surface area contributed by atoms with E-state index in [1.54, 1.807) is 12.5 Å². The number of furan rings is 1. The third-order valence-corrected chi connectivity index (χ3v) is 2.24. The highest BCUT2D eigenvalue weighted by Gasteiger charge is 2.36. The van der Waals surface area contributed by atoms with Crippen LogP contribution in [0.5, 0.6) is 0 Å². The maximum Gasteiger partial charge on any atom is 0.0963 e. The van der Waals surface area contributed by atoms with Gasteiger partial charge in [-0.25, -0.2) is 0 Å². The first-order valence-electron chi connectivity index (χ1n) is 3.56. The number of hydrogen-bond donors (Lipinski definition) is 1. The van der Waals surface area contributed by atoms with Gasteiger partial charge in [0.2, 0.25) is 0 Å². The summed E-state index contributed by atoms with van der Waals surface area (Å²) in [5, 5.41) is 9.71. The Balaban J connectivity index is 2.27. The molecule has 2 heteroatoms. The van der Waals surface area contributed by atoms with E-state index >= 15 is 0 Å². The van der Waals surface area contributed by atoms with E-state index in [4.69, 9.17) is 4.42 Å². The van der Waals surface area contributed by atoms with E-state index in [2.05, 4.69) is 0 Å². The standard InChI is InChI=1S/C8H10O2/c9-8(3-1-4-8)7-2-5-10-6-7/h2,5-6,9H,1,3-4H2. The third-order valence-electron chi connectivity index (χ3n) is 2.24. The number of aliphatic hydroxyl groups is 1. The summed E-state index contributed by atoms with van der Waals surface area (Å²) in [6.45, 7) is 0. The van der Waals surface area contributed by atoms with Crippen molar-refractivity contribution >= 4 is 0 Å². The van der Waals surface area contributed by atoms with Crippen LogP contribution in [0, 0.1) is 0 Å².